The van der Waals surface area contributed by atoms with Crippen molar-refractivity contribution >= 4 is 34.3 Å². The molecule has 0 radical (unpaired) electrons. The fraction of sp³-hybridized carbons (Fsp3) is 0.148. The second-order valence-corrected chi connectivity index (χ2v) is 8.31. The van der Waals surface area contributed by atoms with Crippen LogP contribution in [-0.2, 0) is 4.79 Å². The number of thiazole rings is 1. The molecule has 0 aliphatic rings. The molecule has 0 spiro atoms. The number of hydrogen-bond acceptors (Lipinski definition) is 8. The van der Waals surface area contributed by atoms with Gasteiger partial charge in [-0.2, -0.15) is 5.10 Å². The molecule has 1 aromatic heterocycles. The smallest absolute Gasteiger partial charge is 0.262 e. The Morgan fingerprint density at radius 2 is 1.81 bits per heavy atom. The summed E-state index contributed by atoms with van der Waals surface area (Å²) in [7, 11) is 1.55. The number of ether oxygens (including phenoxy) is 3. The topological polar surface area (TPSA) is 94.1 Å². The van der Waals surface area contributed by atoms with Gasteiger partial charge in [-0.1, -0.05) is 42.5 Å². The second kappa shape index (κ2) is 12.4. The van der Waals surface area contributed by atoms with Gasteiger partial charge in [-0.15, -0.1) is 11.3 Å². The number of hydrogen-bond donors (Lipinski definition) is 2. The van der Waals surface area contributed by atoms with Crippen molar-refractivity contribution < 1.29 is 19.0 Å². The number of para-hydroxylation sites is 2. The zero-order chi connectivity index (χ0) is 25.2. The summed E-state index contributed by atoms with van der Waals surface area (Å²) in [5.74, 6) is 1.25. The maximum atomic E-state index is 12.4. The third-order valence-corrected chi connectivity index (χ3v) is 5.70. The zero-order valence-corrected chi connectivity index (χ0v) is 20.7. The number of methoxy groups -OCH3 is 1. The molecule has 8 nitrogen and oxygen atoms in total. The van der Waals surface area contributed by atoms with Gasteiger partial charge >= 0.3 is 0 Å². The highest BCUT2D eigenvalue weighted by Crippen LogP contribution is 2.29. The number of carbonyl (C=O) groups is 1. The lowest BCUT2D eigenvalue weighted by molar-refractivity contribution is -0.118. The Morgan fingerprint density at radius 1 is 1.00 bits per heavy atom. The molecule has 0 atom stereocenters. The number of rotatable bonds is 11. The van der Waals surface area contributed by atoms with Crippen LogP contribution in [0.5, 0.6) is 17.2 Å². The average molecular weight is 503 g/mol. The quantitative estimate of drug-likeness (QED) is 0.202. The molecule has 0 fully saturated rings. The molecule has 3 aromatic carbocycles. The molecule has 2 N–H and O–H groups in total. The lowest BCUT2D eigenvalue weighted by Crippen LogP contribution is -2.20. The molecular weight excluding hydrogens is 476 g/mol. The van der Waals surface area contributed by atoms with Crippen LogP contribution in [0.2, 0.25) is 0 Å². The number of benzene rings is 3. The second-order valence-electron chi connectivity index (χ2n) is 7.45. The van der Waals surface area contributed by atoms with Gasteiger partial charge in [-0.05, 0) is 42.8 Å². The van der Waals surface area contributed by atoms with E-state index < -0.39 is 0 Å². The minimum absolute atomic E-state index is 0.180. The van der Waals surface area contributed by atoms with Crippen LogP contribution < -0.4 is 25.0 Å². The number of hydrazone groups is 1. The van der Waals surface area contributed by atoms with Crippen molar-refractivity contribution in [2.75, 3.05) is 31.1 Å². The minimum Gasteiger partial charge on any atom is -0.495 e. The Kier molecular flexibility index (Phi) is 8.50. The number of nitrogens with zero attached hydrogens (tertiary/aromatic N) is 2. The average Bonchev–Trinajstić information content (AvgIpc) is 3.38. The number of amides is 1. The summed E-state index contributed by atoms with van der Waals surface area (Å²) >= 11 is 1.48. The molecule has 0 unspecified atom stereocenters. The predicted octanol–water partition coefficient (Wildman–Crippen LogP) is 5.68. The van der Waals surface area contributed by atoms with Crippen LogP contribution in [-0.4, -0.2) is 37.4 Å². The molecule has 36 heavy (non-hydrogen) atoms. The van der Waals surface area contributed by atoms with E-state index in [4.69, 9.17) is 14.2 Å². The summed E-state index contributed by atoms with van der Waals surface area (Å²) in [5.41, 5.74) is 6.29. The van der Waals surface area contributed by atoms with Crippen molar-refractivity contribution in [3.05, 3.63) is 83.7 Å². The predicted molar refractivity (Wildman–Crippen MR) is 143 cm³/mol. The van der Waals surface area contributed by atoms with Crippen molar-refractivity contribution in [2.45, 2.75) is 6.92 Å². The number of anilines is 2. The summed E-state index contributed by atoms with van der Waals surface area (Å²) in [6, 6.07) is 22.5. The lowest BCUT2D eigenvalue weighted by atomic mass is 10.2. The Balaban J connectivity index is 1.36. The van der Waals surface area contributed by atoms with E-state index in [1.165, 1.54) is 11.3 Å². The zero-order valence-electron chi connectivity index (χ0n) is 19.9. The van der Waals surface area contributed by atoms with Crippen LogP contribution in [0.3, 0.4) is 0 Å². The molecule has 0 bridgehead atoms. The summed E-state index contributed by atoms with van der Waals surface area (Å²) in [4.78, 5) is 16.9. The van der Waals surface area contributed by atoms with Crippen molar-refractivity contribution in [1.82, 2.24) is 4.98 Å². The normalized spacial score (nSPS) is 10.7. The first kappa shape index (κ1) is 24.7. The molecule has 184 valence electrons. The summed E-state index contributed by atoms with van der Waals surface area (Å²) < 4.78 is 16.7. The van der Waals surface area contributed by atoms with Crippen molar-refractivity contribution in [3.8, 4) is 28.5 Å². The SMILES string of the molecule is CCOc1cc(C=NNc2nc(-c3ccccc3)cs2)ccc1OCC(=O)Nc1ccccc1OC. The van der Waals surface area contributed by atoms with Gasteiger partial charge in [0.2, 0.25) is 5.13 Å². The first-order valence-corrected chi connectivity index (χ1v) is 12.2. The van der Waals surface area contributed by atoms with E-state index in [2.05, 4.69) is 20.8 Å². The lowest BCUT2D eigenvalue weighted by Gasteiger charge is -2.13. The van der Waals surface area contributed by atoms with E-state index in [0.29, 0.717) is 34.7 Å². The molecule has 1 amide bonds. The van der Waals surface area contributed by atoms with Crippen molar-refractivity contribution in [1.29, 1.82) is 0 Å². The van der Waals surface area contributed by atoms with E-state index in [9.17, 15) is 4.79 Å². The number of aromatic nitrogens is 1. The highest BCUT2D eigenvalue weighted by Gasteiger charge is 2.11. The third kappa shape index (κ3) is 6.61. The first-order chi connectivity index (χ1) is 17.7. The highest BCUT2D eigenvalue weighted by molar-refractivity contribution is 7.14. The van der Waals surface area contributed by atoms with Crippen LogP contribution in [0.1, 0.15) is 12.5 Å². The van der Waals surface area contributed by atoms with Crippen molar-refractivity contribution in [3.63, 3.8) is 0 Å². The standard InChI is InChI=1S/C27H26N4O4S/c1-3-34-25-15-19(16-28-31-27-30-22(18-36-27)20-9-5-4-6-10-20)13-14-24(25)35-17-26(32)29-21-11-7-8-12-23(21)33-2/h4-16,18H,3,17H2,1-2H3,(H,29,32)(H,30,31). The maximum absolute atomic E-state index is 12.4. The van der Waals surface area contributed by atoms with Gasteiger partial charge in [0.05, 0.1) is 31.3 Å². The maximum Gasteiger partial charge on any atom is 0.262 e. The fourth-order valence-electron chi connectivity index (χ4n) is 3.30. The van der Waals surface area contributed by atoms with Crippen LogP contribution in [0, 0.1) is 0 Å². The van der Waals surface area contributed by atoms with Crippen LogP contribution in [0.15, 0.2) is 83.3 Å². The summed E-state index contributed by atoms with van der Waals surface area (Å²) in [6.45, 7) is 2.15. The molecule has 4 rings (SSSR count). The Labute approximate surface area is 213 Å². The molecule has 1 heterocycles. The third-order valence-electron chi connectivity index (χ3n) is 4.95. The molecule has 4 aromatic rings. The van der Waals surface area contributed by atoms with Gasteiger partial charge in [0.1, 0.15) is 5.75 Å². The van der Waals surface area contributed by atoms with Crippen LogP contribution >= 0.6 is 11.3 Å². The van der Waals surface area contributed by atoms with Gasteiger partial charge in [-0.3, -0.25) is 10.2 Å². The molecule has 0 saturated carbocycles. The van der Waals surface area contributed by atoms with Gasteiger partial charge in [0.25, 0.3) is 5.91 Å². The summed E-state index contributed by atoms with van der Waals surface area (Å²) in [5, 5.41) is 9.75. The van der Waals surface area contributed by atoms with Gasteiger partial charge in [0.15, 0.2) is 18.1 Å². The fourth-order valence-corrected chi connectivity index (χ4v) is 3.97. The van der Waals surface area contributed by atoms with Gasteiger partial charge in [-0.25, -0.2) is 4.98 Å². The van der Waals surface area contributed by atoms with Crippen molar-refractivity contribution in [2.24, 2.45) is 5.10 Å². The van der Waals surface area contributed by atoms with E-state index >= 15 is 0 Å². The highest BCUT2D eigenvalue weighted by atomic mass is 32.1. The van der Waals surface area contributed by atoms with E-state index in [1.54, 1.807) is 37.6 Å². The molecule has 9 heteroatoms. The molecule has 0 saturated heterocycles. The Hall–Kier alpha value is -4.37. The Bertz CT molecular complexity index is 1320. The van der Waals surface area contributed by atoms with Crippen LogP contribution in [0.25, 0.3) is 11.3 Å². The molecular formula is C27H26N4O4S. The minimum atomic E-state index is -0.310. The number of nitrogens with one attached hydrogen (secondary N) is 2. The van der Waals surface area contributed by atoms with E-state index in [-0.39, 0.29) is 12.5 Å². The van der Waals surface area contributed by atoms with Gasteiger partial charge < -0.3 is 19.5 Å². The van der Waals surface area contributed by atoms with Gasteiger partial charge in [0, 0.05) is 10.9 Å². The monoisotopic (exact) mass is 502 g/mol. The molecule has 0 aliphatic heterocycles. The molecule has 0 aliphatic carbocycles. The first-order valence-electron chi connectivity index (χ1n) is 11.3. The number of carbonyl (C=O) groups excluding carboxylic acids is 1. The Morgan fingerprint density at radius 3 is 2.61 bits per heavy atom. The summed E-state index contributed by atoms with van der Waals surface area (Å²) in [6.07, 6.45) is 1.67. The largest absolute Gasteiger partial charge is 0.495 e. The van der Waals surface area contributed by atoms with Crippen LogP contribution in [0.4, 0.5) is 10.8 Å². The van der Waals surface area contributed by atoms with E-state index in [1.807, 2.05) is 60.8 Å². The van der Waals surface area contributed by atoms with E-state index in [0.717, 1.165) is 16.8 Å².